The molecule has 6 aromatic rings. The van der Waals surface area contributed by atoms with Gasteiger partial charge in [0.05, 0.1) is 11.6 Å². The fraction of sp³-hybridized carbons (Fsp3) is 0.261. The minimum atomic E-state index is 0.191. The number of aryl methyl sites for hydroxylation is 2. The molecule has 4 saturated carbocycles. The Bertz CT molecular complexity index is 2200. The van der Waals surface area contributed by atoms with Crippen LogP contribution in [0.5, 0.6) is 0 Å². The summed E-state index contributed by atoms with van der Waals surface area (Å²) in [6, 6.07) is 45.1. The third-order valence-electron chi connectivity index (χ3n) is 12.0. The monoisotopic (exact) mass is 648 g/mol. The smallest absolute Gasteiger partial charge is 0.164 e. The van der Waals surface area contributed by atoms with Gasteiger partial charge in [-0.3, -0.25) is 0 Å². The van der Waals surface area contributed by atoms with Crippen molar-refractivity contribution in [2.75, 3.05) is 0 Å². The second-order valence-electron chi connectivity index (χ2n) is 15.3. The molecule has 4 nitrogen and oxygen atoms in total. The van der Waals surface area contributed by atoms with E-state index in [4.69, 9.17) is 15.0 Å². The van der Waals surface area contributed by atoms with Crippen LogP contribution < -0.4 is 0 Å². The molecule has 4 aliphatic rings. The third kappa shape index (κ3) is 5.24. The van der Waals surface area contributed by atoms with Crippen LogP contribution in [0.2, 0.25) is 0 Å². The van der Waals surface area contributed by atoms with Crippen molar-refractivity contribution in [3.05, 3.63) is 149 Å². The van der Waals surface area contributed by atoms with E-state index in [1.165, 1.54) is 71.9 Å². The molecule has 0 saturated heterocycles. The molecule has 0 aliphatic heterocycles. The van der Waals surface area contributed by atoms with Crippen LogP contribution in [0.15, 0.2) is 121 Å². The van der Waals surface area contributed by atoms with E-state index < -0.39 is 0 Å². The molecule has 0 N–H and O–H groups in total. The highest BCUT2D eigenvalue weighted by Gasteiger charge is 2.58. The fourth-order valence-electron chi connectivity index (χ4n) is 10.2. The summed E-state index contributed by atoms with van der Waals surface area (Å²) in [4.78, 5) is 15.0. The Kier molecular flexibility index (Phi) is 7.28. The lowest BCUT2D eigenvalue weighted by Crippen LogP contribution is -2.56. The summed E-state index contributed by atoms with van der Waals surface area (Å²) >= 11 is 0. The zero-order valence-electron chi connectivity index (χ0n) is 28.7. The highest BCUT2D eigenvalue weighted by molar-refractivity contribution is 5.70. The average Bonchev–Trinajstić information content (AvgIpc) is 3.15. The van der Waals surface area contributed by atoms with Crippen molar-refractivity contribution < 1.29 is 0 Å². The first-order chi connectivity index (χ1) is 24.4. The zero-order valence-corrected chi connectivity index (χ0v) is 28.7. The molecule has 2 unspecified atom stereocenters. The van der Waals surface area contributed by atoms with Gasteiger partial charge in [0.15, 0.2) is 17.5 Å². The van der Waals surface area contributed by atoms with E-state index in [9.17, 15) is 5.26 Å². The van der Waals surface area contributed by atoms with Gasteiger partial charge in [-0.25, -0.2) is 15.0 Å². The number of nitriles is 1. The maximum atomic E-state index is 9.27. The largest absolute Gasteiger partial charge is 0.208 e. The standard InChI is InChI=1S/C46H40N4/c1-30-21-38(17-19-40(30)35-15-13-32(28-47)14-16-35)45-24-33-23-34(25-45)27-46(26-33,29-45)39-18-20-41(31(2)22-39)44-49-42(36-9-5-3-6-10-36)48-43(50-44)37-11-7-4-8-12-37/h3-22,33-34H,23-27,29H2,1-2H3. The van der Waals surface area contributed by atoms with Crippen LogP contribution in [-0.4, -0.2) is 15.0 Å². The van der Waals surface area contributed by atoms with E-state index in [1.807, 2.05) is 48.5 Å². The molecule has 4 aliphatic carbocycles. The highest BCUT2D eigenvalue weighted by Crippen LogP contribution is 2.66. The van der Waals surface area contributed by atoms with Crippen molar-refractivity contribution in [3.8, 4) is 51.4 Å². The third-order valence-corrected chi connectivity index (χ3v) is 12.0. The van der Waals surface area contributed by atoms with Crippen LogP contribution in [0.4, 0.5) is 0 Å². The molecule has 2 atom stereocenters. The number of hydrogen-bond donors (Lipinski definition) is 0. The summed E-state index contributed by atoms with van der Waals surface area (Å²) in [5, 5.41) is 9.27. The highest BCUT2D eigenvalue weighted by atomic mass is 15.0. The molecule has 5 aromatic carbocycles. The number of benzene rings is 5. The Morgan fingerprint density at radius 1 is 0.540 bits per heavy atom. The van der Waals surface area contributed by atoms with Crippen LogP contribution >= 0.6 is 0 Å². The minimum Gasteiger partial charge on any atom is -0.208 e. The predicted molar refractivity (Wildman–Crippen MR) is 200 cm³/mol. The van der Waals surface area contributed by atoms with Gasteiger partial charge in [-0.15, -0.1) is 0 Å². The number of nitrogens with zero attached hydrogens (tertiary/aromatic N) is 4. The van der Waals surface area contributed by atoms with Crippen LogP contribution in [-0.2, 0) is 10.8 Å². The lowest BCUT2D eigenvalue weighted by Gasteiger charge is -2.63. The molecule has 0 radical (unpaired) electrons. The quantitative estimate of drug-likeness (QED) is 0.180. The van der Waals surface area contributed by atoms with Gasteiger partial charge < -0.3 is 0 Å². The first kappa shape index (κ1) is 30.6. The van der Waals surface area contributed by atoms with Crippen LogP contribution in [0.3, 0.4) is 0 Å². The maximum absolute atomic E-state index is 9.27. The first-order valence-electron chi connectivity index (χ1n) is 18.0. The molecule has 1 aromatic heterocycles. The summed E-state index contributed by atoms with van der Waals surface area (Å²) in [5.41, 5.74) is 12.1. The van der Waals surface area contributed by atoms with Gasteiger partial charge in [0.2, 0.25) is 0 Å². The van der Waals surface area contributed by atoms with Gasteiger partial charge in [-0.2, -0.15) is 5.26 Å². The van der Waals surface area contributed by atoms with Gasteiger partial charge >= 0.3 is 0 Å². The Balaban J connectivity index is 1.07. The van der Waals surface area contributed by atoms with E-state index in [2.05, 4.69) is 92.7 Å². The van der Waals surface area contributed by atoms with Gasteiger partial charge in [0.1, 0.15) is 0 Å². The first-order valence-corrected chi connectivity index (χ1v) is 18.0. The summed E-state index contributed by atoms with van der Waals surface area (Å²) in [5.74, 6) is 3.64. The lowest BCUT2D eigenvalue weighted by molar-refractivity contribution is -0.0281. The molecule has 1 heterocycles. The van der Waals surface area contributed by atoms with E-state index in [0.717, 1.165) is 34.4 Å². The molecule has 4 fully saturated rings. The second-order valence-corrected chi connectivity index (χ2v) is 15.3. The number of aromatic nitrogens is 3. The van der Waals surface area contributed by atoms with Gasteiger partial charge in [0.25, 0.3) is 0 Å². The molecular weight excluding hydrogens is 609 g/mol. The summed E-state index contributed by atoms with van der Waals surface area (Å²) in [6.45, 7) is 4.48. The Morgan fingerprint density at radius 3 is 1.50 bits per heavy atom. The van der Waals surface area contributed by atoms with Gasteiger partial charge in [-0.05, 0) is 121 Å². The fourth-order valence-corrected chi connectivity index (χ4v) is 10.2. The lowest BCUT2D eigenvalue weighted by atomic mass is 9.41. The van der Waals surface area contributed by atoms with E-state index in [1.54, 1.807) is 0 Å². The Hall–Kier alpha value is -5.40. The number of rotatable bonds is 6. The van der Waals surface area contributed by atoms with Crippen molar-refractivity contribution >= 4 is 0 Å². The summed E-state index contributed by atoms with van der Waals surface area (Å²) in [7, 11) is 0. The zero-order chi connectivity index (χ0) is 33.9. The van der Waals surface area contributed by atoms with Crippen molar-refractivity contribution in [2.45, 2.75) is 63.2 Å². The SMILES string of the molecule is Cc1cc(C23CC4CC(C2)CC(c2ccc(-c5nc(-c6ccccc6)nc(-c6ccccc6)n5)c(C)c2)(C4)C3)ccc1-c1ccc(C#N)cc1. The number of hydrogen-bond acceptors (Lipinski definition) is 4. The molecule has 4 bridgehead atoms. The van der Waals surface area contributed by atoms with Crippen LogP contribution in [0, 0.1) is 37.0 Å². The minimum absolute atomic E-state index is 0.191. The maximum Gasteiger partial charge on any atom is 0.164 e. The molecule has 10 rings (SSSR count). The molecule has 0 amide bonds. The molecule has 244 valence electrons. The van der Waals surface area contributed by atoms with Crippen LogP contribution in [0.25, 0.3) is 45.3 Å². The topological polar surface area (TPSA) is 62.5 Å². The summed E-state index contributed by atoms with van der Waals surface area (Å²) < 4.78 is 0. The summed E-state index contributed by atoms with van der Waals surface area (Å²) in [6.07, 6.45) is 7.76. The van der Waals surface area contributed by atoms with E-state index in [-0.39, 0.29) is 10.8 Å². The Morgan fingerprint density at radius 2 is 1.02 bits per heavy atom. The molecule has 50 heavy (non-hydrogen) atoms. The van der Waals surface area contributed by atoms with E-state index in [0.29, 0.717) is 17.2 Å². The van der Waals surface area contributed by atoms with Gasteiger partial charge in [-0.1, -0.05) is 109 Å². The van der Waals surface area contributed by atoms with Crippen molar-refractivity contribution in [1.82, 2.24) is 15.0 Å². The van der Waals surface area contributed by atoms with Crippen molar-refractivity contribution in [2.24, 2.45) is 11.8 Å². The van der Waals surface area contributed by atoms with Gasteiger partial charge in [0, 0.05) is 16.7 Å². The van der Waals surface area contributed by atoms with E-state index >= 15 is 0 Å². The van der Waals surface area contributed by atoms with Crippen molar-refractivity contribution in [3.63, 3.8) is 0 Å². The molecule has 4 heteroatoms. The molecule has 0 spiro atoms. The Labute approximate surface area is 294 Å². The van der Waals surface area contributed by atoms with Crippen LogP contribution in [0.1, 0.15) is 66.3 Å². The average molecular weight is 649 g/mol. The molecular formula is C46H40N4. The van der Waals surface area contributed by atoms with Crippen molar-refractivity contribution in [1.29, 1.82) is 5.26 Å². The normalized spacial score (nSPS) is 23.5. The predicted octanol–water partition coefficient (Wildman–Crippen LogP) is 10.8. The second kappa shape index (κ2) is 11.9.